The van der Waals surface area contributed by atoms with Crippen molar-refractivity contribution in [1.82, 2.24) is 9.62 Å². The highest BCUT2D eigenvalue weighted by molar-refractivity contribution is 7.89. The molecule has 0 aromatic heterocycles. The standard InChI is InChI=1S/C17H22N4O4S/c1-18-26(24,25)15-8-9-16(17(10-15)21(22)23)19-11-13-6-4-5-7-14(13)12-20(2)3/h4-10,18-19H,11-12H2,1-3H3. The van der Waals surface area contributed by atoms with Gasteiger partial charge >= 0.3 is 0 Å². The number of nitro benzene ring substituents is 1. The van der Waals surface area contributed by atoms with Gasteiger partial charge in [-0.25, -0.2) is 13.1 Å². The molecule has 0 fully saturated rings. The minimum absolute atomic E-state index is 0.148. The van der Waals surface area contributed by atoms with Crippen LogP contribution in [0.15, 0.2) is 47.4 Å². The summed E-state index contributed by atoms with van der Waals surface area (Å²) in [5.41, 5.74) is 2.11. The molecule has 2 N–H and O–H groups in total. The van der Waals surface area contributed by atoms with Gasteiger partial charge in [-0.05, 0) is 44.4 Å². The van der Waals surface area contributed by atoms with Gasteiger partial charge in [-0.3, -0.25) is 10.1 Å². The Bertz CT molecular complexity index is 897. The molecule has 2 rings (SSSR count). The maximum Gasteiger partial charge on any atom is 0.293 e. The predicted octanol–water partition coefficient (Wildman–Crippen LogP) is 2.18. The van der Waals surface area contributed by atoms with Crippen molar-refractivity contribution in [2.45, 2.75) is 18.0 Å². The Morgan fingerprint density at radius 2 is 1.77 bits per heavy atom. The number of hydrogen-bond donors (Lipinski definition) is 2. The average molecular weight is 378 g/mol. The molecule has 0 spiro atoms. The van der Waals surface area contributed by atoms with E-state index in [0.29, 0.717) is 6.54 Å². The molecule has 0 saturated heterocycles. The summed E-state index contributed by atoms with van der Waals surface area (Å²) < 4.78 is 25.9. The van der Waals surface area contributed by atoms with Gasteiger partial charge in [-0.2, -0.15) is 0 Å². The number of nitrogens with one attached hydrogen (secondary N) is 2. The zero-order valence-electron chi connectivity index (χ0n) is 14.9. The van der Waals surface area contributed by atoms with Crippen molar-refractivity contribution in [3.05, 3.63) is 63.7 Å². The van der Waals surface area contributed by atoms with Crippen LogP contribution in [0.25, 0.3) is 0 Å². The summed E-state index contributed by atoms with van der Waals surface area (Å²) in [7, 11) is 1.45. The van der Waals surface area contributed by atoms with Crippen LogP contribution in [0.2, 0.25) is 0 Å². The smallest absolute Gasteiger partial charge is 0.293 e. The zero-order chi connectivity index (χ0) is 19.3. The Morgan fingerprint density at radius 1 is 1.12 bits per heavy atom. The van der Waals surface area contributed by atoms with Crippen molar-refractivity contribution in [1.29, 1.82) is 0 Å². The van der Waals surface area contributed by atoms with Crippen LogP contribution >= 0.6 is 0 Å². The summed E-state index contributed by atoms with van der Waals surface area (Å²) in [6.07, 6.45) is 0. The van der Waals surface area contributed by atoms with E-state index in [1.807, 2.05) is 43.3 Å². The fourth-order valence-electron chi connectivity index (χ4n) is 2.51. The van der Waals surface area contributed by atoms with Crippen LogP contribution in [0.3, 0.4) is 0 Å². The van der Waals surface area contributed by atoms with Crippen LogP contribution in [-0.4, -0.2) is 39.4 Å². The second-order valence-corrected chi connectivity index (χ2v) is 7.89. The molecule has 140 valence electrons. The number of anilines is 1. The van der Waals surface area contributed by atoms with Crippen LogP contribution in [0.4, 0.5) is 11.4 Å². The lowest BCUT2D eigenvalue weighted by atomic mass is 10.1. The first kappa shape index (κ1) is 19.8. The summed E-state index contributed by atoms with van der Waals surface area (Å²) in [5.74, 6) is 0. The maximum atomic E-state index is 11.9. The minimum atomic E-state index is -3.75. The molecule has 2 aromatic carbocycles. The van der Waals surface area contributed by atoms with Crippen LogP contribution in [-0.2, 0) is 23.1 Å². The third-order valence-corrected chi connectivity index (χ3v) is 5.23. The van der Waals surface area contributed by atoms with E-state index in [1.165, 1.54) is 19.2 Å². The first-order chi connectivity index (χ1) is 12.2. The van der Waals surface area contributed by atoms with Gasteiger partial charge in [-0.1, -0.05) is 24.3 Å². The average Bonchev–Trinajstić information content (AvgIpc) is 2.60. The first-order valence-electron chi connectivity index (χ1n) is 7.92. The van der Waals surface area contributed by atoms with E-state index in [2.05, 4.69) is 10.0 Å². The fourth-order valence-corrected chi connectivity index (χ4v) is 3.26. The highest BCUT2D eigenvalue weighted by atomic mass is 32.2. The second kappa shape index (κ2) is 8.26. The van der Waals surface area contributed by atoms with E-state index in [4.69, 9.17) is 0 Å². The van der Waals surface area contributed by atoms with Crippen molar-refractivity contribution in [2.75, 3.05) is 26.5 Å². The van der Waals surface area contributed by atoms with Crippen molar-refractivity contribution < 1.29 is 13.3 Å². The highest BCUT2D eigenvalue weighted by Gasteiger charge is 2.20. The van der Waals surface area contributed by atoms with Gasteiger partial charge in [-0.15, -0.1) is 0 Å². The van der Waals surface area contributed by atoms with Gasteiger partial charge in [0.1, 0.15) is 5.69 Å². The van der Waals surface area contributed by atoms with Gasteiger partial charge in [0.15, 0.2) is 0 Å². The lowest BCUT2D eigenvalue weighted by molar-refractivity contribution is -0.384. The van der Waals surface area contributed by atoms with E-state index in [-0.39, 0.29) is 16.3 Å². The van der Waals surface area contributed by atoms with E-state index in [1.54, 1.807) is 0 Å². The molecule has 8 nitrogen and oxygen atoms in total. The van der Waals surface area contributed by atoms with Crippen LogP contribution in [0, 0.1) is 10.1 Å². The van der Waals surface area contributed by atoms with Gasteiger partial charge in [0.05, 0.1) is 9.82 Å². The van der Waals surface area contributed by atoms with Crippen LogP contribution in [0.1, 0.15) is 11.1 Å². The Labute approximate surface area is 153 Å². The number of nitrogens with zero attached hydrogens (tertiary/aromatic N) is 2. The topological polar surface area (TPSA) is 105 Å². The monoisotopic (exact) mass is 378 g/mol. The molecule has 2 aromatic rings. The van der Waals surface area contributed by atoms with Crippen molar-refractivity contribution in [3.63, 3.8) is 0 Å². The SMILES string of the molecule is CNS(=O)(=O)c1ccc(NCc2ccccc2CN(C)C)c([N+](=O)[O-])c1. The summed E-state index contributed by atoms with van der Waals surface area (Å²) in [4.78, 5) is 12.7. The molecule has 0 saturated carbocycles. The van der Waals surface area contributed by atoms with Crippen LogP contribution < -0.4 is 10.0 Å². The van der Waals surface area contributed by atoms with Crippen molar-refractivity contribution in [3.8, 4) is 0 Å². The van der Waals surface area contributed by atoms with E-state index >= 15 is 0 Å². The van der Waals surface area contributed by atoms with E-state index in [0.717, 1.165) is 23.7 Å². The number of sulfonamides is 1. The normalized spacial score (nSPS) is 11.5. The van der Waals surface area contributed by atoms with E-state index in [9.17, 15) is 18.5 Å². The molecule has 0 aliphatic heterocycles. The molecule has 0 amide bonds. The molecule has 0 bridgehead atoms. The molecule has 9 heteroatoms. The summed E-state index contributed by atoms with van der Waals surface area (Å²) in [6.45, 7) is 1.14. The zero-order valence-corrected chi connectivity index (χ0v) is 15.7. The van der Waals surface area contributed by atoms with Crippen molar-refractivity contribution >= 4 is 21.4 Å². The quantitative estimate of drug-likeness (QED) is 0.539. The van der Waals surface area contributed by atoms with Gasteiger partial charge in [0.2, 0.25) is 10.0 Å². The molecule has 0 unspecified atom stereocenters. The number of hydrogen-bond acceptors (Lipinski definition) is 6. The Balaban J connectivity index is 2.29. The molecule has 0 radical (unpaired) electrons. The van der Waals surface area contributed by atoms with Gasteiger partial charge in [0.25, 0.3) is 5.69 Å². The van der Waals surface area contributed by atoms with Crippen molar-refractivity contribution in [2.24, 2.45) is 0 Å². The third kappa shape index (κ3) is 4.78. The summed E-state index contributed by atoms with van der Waals surface area (Å²) in [5, 5.41) is 14.4. The maximum absolute atomic E-state index is 11.9. The Morgan fingerprint density at radius 3 is 2.35 bits per heavy atom. The highest BCUT2D eigenvalue weighted by Crippen LogP contribution is 2.28. The molecule has 0 atom stereocenters. The summed E-state index contributed by atoms with van der Waals surface area (Å²) >= 11 is 0. The Kier molecular flexibility index (Phi) is 6.30. The lowest BCUT2D eigenvalue weighted by Gasteiger charge is -2.15. The third-order valence-electron chi connectivity index (χ3n) is 3.82. The van der Waals surface area contributed by atoms with E-state index < -0.39 is 14.9 Å². The molecular formula is C17H22N4O4S. The predicted molar refractivity (Wildman–Crippen MR) is 101 cm³/mol. The van der Waals surface area contributed by atoms with Gasteiger partial charge < -0.3 is 10.2 Å². The van der Waals surface area contributed by atoms with Gasteiger partial charge in [0, 0.05) is 19.2 Å². The fraction of sp³-hybridized carbons (Fsp3) is 0.294. The first-order valence-corrected chi connectivity index (χ1v) is 9.40. The molecule has 26 heavy (non-hydrogen) atoms. The second-order valence-electron chi connectivity index (χ2n) is 6.00. The number of benzene rings is 2. The van der Waals surface area contributed by atoms with Crippen LogP contribution in [0.5, 0.6) is 0 Å². The largest absolute Gasteiger partial charge is 0.375 e. The number of nitro groups is 1. The summed E-state index contributed by atoms with van der Waals surface area (Å²) in [6, 6.07) is 11.6. The molecule has 0 heterocycles. The Hall–Kier alpha value is -2.49. The molecule has 0 aliphatic rings. The molecular weight excluding hydrogens is 356 g/mol. The lowest BCUT2D eigenvalue weighted by Crippen LogP contribution is -2.18. The molecule has 0 aliphatic carbocycles. The minimum Gasteiger partial charge on any atom is -0.375 e. The number of rotatable bonds is 8.